The Morgan fingerprint density at radius 1 is 1.31 bits per heavy atom. The SMILES string of the molecule is CCOC(=O)C[C@@H]1C(=O)NCCN1C(=S)NC(=O)c1ccc(OCC(C)C)cc1. The zero-order valence-electron chi connectivity index (χ0n) is 16.9. The number of thiocarbonyl (C=S) groups is 1. The summed E-state index contributed by atoms with van der Waals surface area (Å²) in [4.78, 5) is 38.1. The average Bonchev–Trinajstić information content (AvgIpc) is 2.68. The Kier molecular flexibility index (Phi) is 8.38. The number of nitrogens with zero attached hydrogens (tertiary/aromatic N) is 1. The highest BCUT2D eigenvalue weighted by atomic mass is 32.1. The van der Waals surface area contributed by atoms with Crippen LogP contribution in [0.5, 0.6) is 5.75 Å². The third-order valence-corrected chi connectivity index (χ3v) is 4.51. The molecular formula is C20H27N3O5S. The van der Waals surface area contributed by atoms with Gasteiger partial charge >= 0.3 is 5.97 Å². The minimum Gasteiger partial charge on any atom is -0.493 e. The molecule has 0 aliphatic carbocycles. The number of hydrogen-bond acceptors (Lipinski definition) is 6. The molecule has 0 spiro atoms. The minimum atomic E-state index is -0.817. The van der Waals surface area contributed by atoms with Gasteiger partial charge in [0.05, 0.1) is 19.6 Å². The highest BCUT2D eigenvalue weighted by Gasteiger charge is 2.34. The van der Waals surface area contributed by atoms with Crippen LogP contribution in [0.4, 0.5) is 0 Å². The molecule has 1 aliphatic rings. The van der Waals surface area contributed by atoms with Crippen LogP contribution in [0.1, 0.15) is 37.6 Å². The Hall–Kier alpha value is -2.68. The molecule has 0 aromatic heterocycles. The monoisotopic (exact) mass is 421 g/mol. The smallest absolute Gasteiger partial charge is 0.308 e. The molecule has 1 atom stereocenters. The maximum atomic E-state index is 12.5. The van der Waals surface area contributed by atoms with Gasteiger partial charge in [-0.3, -0.25) is 19.7 Å². The Balaban J connectivity index is 2.00. The molecule has 1 aliphatic heterocycles. The van der Waals surface area contributed by atoms with Crippen molar-refractivity contribution in [3.8, 4) is 5.75 Å². The van der Waals surface area contributed by atoms with Crippen LogP contribution in [0.2, 0.25) is 0 Å². The fourth-order valence-electron chi connectivity index (χ4n) is 2.75. The second kappa shape index (κ2) is 10.8. The molecule has 1 aromatic carbocycles. The third kappa shape index (κ3) is 6.70. The zero-order valence-corrected chi connectivity index (χ0v) is 17.7. The van der Waals surface area contributed by atoms with E-state index in [1.165, 1.54) is 0 Å². The first-order valence-electron chi connectivity index (χ1n) is 9.60. The van der Waals surface area contributed by atoms with E-state index < -0.39 is 17.9 Å². The lowest BCUT2D eigenvalue weighted by atomic mass is 10.1. The van der Waals surface area contributed by atoms with Gasteiger partial charge in [0.2, 0.25) is 5.91 Å². The van der Waals surface area contributed by atoms with Crippen molar-refractivity contribution >= 4 is 35.1 Å². The summed E-state index contributed by atoms with van der Waals surface area (Å²) in [7, 11) is 0. The fraction of sp³-hybridized carbons (Fsp3) is 0.500. The first-order chi connectivity index (χ1) is 13.8. The van der Waals surface area contributed by atoms with Crippen molar-refractivity contribution in [2.75, 3.05) is 26.3 Å². The van der Waals surface area contributed by atoms with Crippen molar-refractivity contribution < 1.29 is 23.9 Å². The lowest BCUT2D eigenvalue weighted by Crippen LogP contribution is -2.60. The second-order valence-electron chi connectivity index (χ2n) is 7.00. The van der Waals surface area contributed by atoms with Crippen molar-refractivity contribution in [3.05, 3.63) is 29.8 Å². The molecule has 1 heterocycles. The number of ether oxygens (including phenoxy) is 2. The Morgan fingerprint density at radius 3 is 2.62 bits per heavy atom. The van der Waals surface area contributed by atoms with Gasteiger partial charge < -0.3 is 19.7 Å². The van der Waals surface area contributed by atoms with Crippen LogP contribution in [-0.2, 0) is 14.3 Å². The maximum absolute atomic E-state index is 12.5. The van der Waals surface area contributed by atoms with Crippen LogP contribution in [0.25, 0.3) is 0 Å². The predicted octanol–water partition coefficient (Wildman–Crippen LogP) is 1.49. The standard InChI is InChI=1S/C20H27N3O5S/c1-4-27-17(24)11-16-19(26)21-9-10-23(16)20(29)22-18(25)14-5-7-15(8-6-14)28-12-13(2)3/h5-8,13,16H,4,9-12H2,1-3H3,(H,21,26)(H,22,25,29)/t16-/m1/s1. The number of nitrogens with one attached hydrogen (secondary N) is 2. The van der Waals surface area contributed by atoms with E-state index in [0.717, 1.165) is 0 Å². The van der Waals surface area contributed by atoms with Gasteiger partial charge in [0.25, 0.3) is 5.91 Å². The molecule has 1 aromatic rings. The number of benzene rings is 1. The lowest BCUT2D eigenvalue weighted by Gasteiger charge is -2.36. The van der Waals surface area contributed by atoms with E-state index >= 15 is 0 Å². The highest BCUT2D eigenvalue weighted by Crippen LogP contribution is 2.14. The average molecular weight is 422 g/mol. The normalized spacial score (nSPS) is 16.2. The van der Waals surface area contributed by atoms with Crippen LogP contribution in [-0.4, -0.2) is 60.1 Å². The number of piperazine rings is 1. The van der Waals surface area contributed by atoms with E-state index in [9.17, 15) is 14.4 Å². The second-order valence-corrected chi connectivity index (χ2v) is 7.38. The summed E-state index contributed by atoms with van der Waals surface area (Å²) in [5.74, 6) is -0.135. The van der Waals surface area contributed by atoms with E-state index in [2.05, 4.69) is 24.5 Å². The fourth-order valence-corrected chi connectivity index (χ4v) is 3.06. The van der Waals surface area contributed by atoms with Crippen molar-refractivity contribution in [1.29, 1.82) is 0 Å². The number of carbonyl (C=O) groups excluding carboxylic acids is 3. The Bertz CT molecular complexity index is 751. The molecule has 158 valence electrons. The lowest BCUT2D eigenvalue weighted by molar-refractivity contribution is -0.147. The molecule has 2 rings (SSSR count). The molecule has 2 amide bonds. The van der Waals surface area contributed by atoms with Crippen molar-refractivity contribution in [1.82, 2.24) is 15.5 Å². The van der Waals surface area contributed by atoms with Gasteiger partial charge in [0, 0.05) is 18.7 Å². The third-order valence-electron chi connectivity index (χ3n) is 4.18. The summed E-state index contributed by atoms with van der Waals surface area (Å²) in [5, 5.41) is 5.43. The van der Waals surface area contributed by atoms with Crippen molar-refractivity contribution in [2.45, 2.75) is 33.2 Å². The quantitative estimate of drug-likeness (QED) is 0.509. The molecule has 8 nitrogen and oxygen atoms in total. The highest BCUT2D eigenvalue weighted by molar-refractivity contribution is 7.80. The molecule has 0 radical (unpaired) electrons. The Morgan fingerprint density at radius 2 is 2.00 bits per heavy atom. The van der Waals surface area contributed by atoms with Gasteiger partial charge in [-0.1, -0.05) is 13.8 Å². The summed E-state index contributed by atoms with van der Waals surface area (Å²) >= 11 is 5.33. The minimum absolute atomic E-state index is 0.0966. The van der Waals surface area contributed by atoms with Crippen LogP contribution < -0.4 is 15.4 Å². The van der Waals surface area contributed by atoms with E-state index in [4.69, 9.17) is 21.7 Å². The summed E-state index contributed by atoms with van der Waals surface area (Å²) in [6, 6.07) is 5.91. The van der Waals surface area contributed by atoms with Crippen LogP contribution in [0, 0.1) is 5.92 Å². The van der Waals surface area contributed by atoms with Gasteiger partial charge in [-0.15, -0.1) is 0 Å². The van der Waals surface area contributed by atoms with Crippen molar-refractivity contribution in [3.63, 3.8) is 0 Å². The van der Waals surface area contributed by atoms with E-state index in [1.54, 1.807) is 36.1 Å². The van der Waals surface area contributed by atoms with Gasteiger partial charge in [-0.2, -0.15) is 0 Å². The Labute approximate surface area is 175 Å². The van der Waals surface area contributed by atoms with Gasteiger partial charge in [-0.25, -0.2) is 0 Å². The molecule has 0 bridgehead atoms. The summed E-state index contributed by atoms with van der Waals surface area (Å²) in [5.41, 5.74) is 0.410. The number of carbonyl (C=O) groups is 3. The molecule has 29 heavy (non-hydrogen) atoms. The summed E-state index contributed by atoms with van der Waals surface area (Å²) in [6.07, 6.45) is -0.141. The largest absolute Gasteiger partial charge is 0.493 e. The van der Waals surface area contributed by atoms with Crippen molar-refractivity contribution in [2.24, 2.45) is 5.92 Å². The number of rotatable bonds is 7. The summed E-state index contributed by atoms with van der Waals surface area (Å²) in [6.45, 7) is 7.38. The zero-order chi connectivity index (χ0) is 21.4. The predicted molar refractivity (Wildman–Crippen MR) is 112 cm³/mol. The first kappa shape index (κ1) is 22.6. The number of amides is 2. The molecule has 2 N–H and O–H groups in total. The van der Waals surface area contributed by atoms with Gasteiger partial charge in [-0.05, 0) is 49.3 Å². The number of hydrogen-bond donors (Lipinski definition) is 2. The topological polar surface area (TPSA) is 97.0 Å². The molecule has 1 saturated heterocycles. The van der Waals surface area contributed by atoms with E-state index in [-0.39, 0.29) is 24.0 Å². The van der Waals surface area contributed by atoms with E-state index in [1.807, 2.05) is 0 Å². The number of esters is 1. The summed E-state index contributed by atoms with van der Waals surface area (Å²) < 4.78 is 10.5. The molecular weight excluding hydrogens is 394 g/mol. The van der Waals surface area contributed by atoms with Gasteiger partial charge in [0.1, 0.15) is 11.8 Å². The van der Waals surface area contributed by atoms with E-state index in [0.29, 0.717) is 36.9 Å². The molecule has 9 heteroatoms. The van der Waals surface area contributed by atoms with Crippen LogP contribution in [0.15, 0.2) is 24.3 Å². The molecule has 1 fully saturated rings. The first-order valence-corrected chi connectivity index (χ1v) is 10.0. The maximum Gasteiger partial charge on any atom is 0.308 e. The van der Waals surface area contributed by atoms with Crippen LogP contribution in [0.3, 0.4) is 0 Å². The van der Waals surface area contributed by atoms with Crippen LogP contribution >= 0.6 is 12.2 Å². The molecule has 0 unspecified atom stereocenters. The molecule has 0 saturated carbocycles. The van der Waals surface area contributed by atoms with Gasteiger partial charge in [0.15, 0.2) is 5.11 Å².